The van der Waals surface area contributed by atoms with E-state index < -0.39 is 0 Å². The summed E-state index contributed by atoms with van der Waals surface area (Å²) in [5.74, 6) is 0.909. The standard InChI is InChI=1S/C21H20N6O2/c1-26-17-10-15(12-23-19(17)25-21(26)29)13-3-2-4-14(9-13)20(28)24-16-5-7-27-8-6-22-18(27)11-16/h2-4,6,8-10,12,16H,5,7,11H2,1H3,(H,24,28)(H,23,25,29). The first-order valence-electron chi connectivity index (χ1n) is 9.54. The molecule has 1 atom stereocenters. The van der Waals surface area contributed by atoms with Gasteiger partial charge in [0, 0.05) is 55.8 Å². The number of benzene rings is 1. The molecule has 0 radical (unpaired) electrons. The molecule has 8 nitrogen and oxygen atoms in total. The minimum atomic E-state index is -0.203. The molecule has 4 aromatic rings. The third-order valence-electron chi connectivity index (χ3n) is 5.50. The molecule has 0 saturated carbocycles. The summed E-state index contributed by atoms with van der Waals surface area (Å²) in [7, 11) is 1.70. The van der Waals surface area contributed by atoms with Crippen molar-refractivity contribution in [3.05, 3.63) is 70.8 Å². The molecule has 3 aromatic heterocycles. The molecule has 1 aliphatic heterocycles. The maximum absolute atomic E-state index is 12.8. The van der Waals surface area contributed by atoms with E-state index in [1.165, 1.54) is 4.57 Å². The van der Waals surface area contributed by atoms with Crippen LogP contribution in [0.5, 0.6) is 0 Å². The summed E-state index contributed by atoms with van der Waals surface area (Å²) >= 11 is 0. The fourth-order valence-corrected chi connectivity index (χ4v) is 3.84. The first-order valence-corrected chi connectivity index (χ1v) is 9.54. The predicted molar refractivity (Wildman–Crippen MR) is 109 cm³/mol. The van der Waals surface area contributed by atoms with E-state index in [2.05, 4.69) is 24.8 Å². The topological polar surface area (TPSA) is 97.6 Å². The second kappa shape index (κ2) is 6.73. The molecule has 5 rings (SSSR count). The van der Waals surface area contributed by atoms with Crippen molar-refractivity contribution in [1.29, 1.82) is 0 Å². The third kappa shape index (κ3) is 3.12. The minimum Gasteiger partial charge on any atom is -0.349 e. The van der Waals surface area contributed by atoms with Gasteiger partial charge in [0.25, 0.3) is 5.91 Å². The Kier molecular flexibility index (Phi) is 4.04. The maximum Gasteiger partial charge on any atom is 0.327 e. The van der Waals surface area contributed by atoms with Crippen LogP contribution < -0.4 is 11.0 Å². The monoisotopic (exact) mass is 388 g/mol. The third-order valence-corrected chi connectivity index (χ3v) is 5.50. The van der Waals surface area contributed by atoms with Crippen LogP contribution in [0.4, 0.5) is 0 Å². The Balaban J connectivity index is 1.39. The van der Waals surface area contributed by atoms with Crippen molar-refractivity contribution in [2.75, 3.05) is 0 Å². The molecule has 0 fully saturated rings. The number of amides is 1. The van der Waals surface area contributed by atoms with E-state index in [1.54, 1.807) is 25.5 Å². The van der Waals surface area contributed by atoms with Gasteiger partial charge in [0.1, 0.15) is 5.82 Å². The number of hydrogen-bond acceptors (Lipinski definition) is 4. The summed E-state index contributed by atoms with van der Waals surface area (Å²) in [5, 5.41) is 3.13. The number of imidazole rings is 2. The smallest absolute Gasteiger partial charge is 0.327 e. The van der Waals surface area contributed by atoms with Gasteiger partial charge in [-0.05, 0) is 30.2 Å². The zero-order valence-corrected chi connectivity index (χ0v) is 15.9. The summed E-state index contributed by atoms with van der Waals surface area (Å²) in [5.41, 5.74) is 3.39. The average molecular weight is 388 g/mol. The molecule has 1 aliphatic rings. The Bertz CT molecular complexity index is 1280. The van der Waals surface area contributed by atoms with Crippen molar-refractivity contribution in [2.24, 2.45) is 7.05 Å². The van der Waals surface area contributed by atoms with Crippen LogP contribution >= 0.6 is 0 Å². The van der Waals surface area contributed by atoms with Gasteiger partial charge in [0.15, 0.2) is 5.65 Å². The van der Waals surface area contributed by atoms with Crippen LogP contribution in [0.2, 0.25) is 0 Å². The summed E-state index contributed by atoms with van der Waals surface area (Å²) in [6.45, 7) is 0.862. The number of rotatable bonds is 3. The van der Waals surface area contributed by atoms with E-state index in [1.807, 2.05) is 30.5 Å². The Morgan fingerprint density at radius 3 is 3.03 bits per heavy atom. The molecule has 1 amide bonds. The molecule has 0 aliphatic carbocycles. The van der Waals surface area contributed by atoms with Crippen molar-refractivity contribution in [3.8, 4) is 11.1 Å². The molecule has 1 unspecified atom stereocenters. The number of hydrogen-bond donors (Lipinski definition) is 2. The van der Waals surface area contributed by atoms with E-state index in [0.29, 0.717) is 11.2 Å². The Morgan fingerprint density at radius 2 is 2.14 bits per heavy atom. The predicted octanol–water partition coefficient (Wildman–Crippen LogP) is 1.87. The molecular weight excluding hydrogens is 368 g/mol. The number of aromatic amines is 1. The molecule has 4 heterocycles. The molecule has 1 aromatic carbocycles. The molecule has 146 valence electrons. The highest BCUT2D eigenvalue weighted by Crippen LogP contribution is 2.23. The van der Waals surface area contributed by atoms with Crippen molar-refractivity contribution in [2.45, 2.75) is 25.4 Å². The summed E-state index contributed by atoms with van der Waals surface area (Å²) < 4.78 is 3.65. The van der Waals surface area contributed by atoms with E-state index in [0.717, 1.165) is 41.9 Å². The first-order chi connectivity index (χ1) is 14.1. The van der Waals surface area contributed by atoms with Gasteiger partial charge >= 0.3 is 5.69 Å². The highest BCUT2D eigenvalue weighted by molar-refractivity contribution is 5.95. The van der Waals surface area contributed by atoms with Gasteiger partial charge in [0.05, 0.1) is 5.52 Å². The van der Waals surface area contributed by atoms with Gasteiger partial charge in [-0.3, -0.25) is 14.3 Å². The number of fused-ring (bicyclic) bond motifs is 2. The number of nitrogens with zero attached hydrogens (tertiary/aromatic N) is 4. The van der Waals surface area contributed by atoms with Crippen LogP contribution in [-0.4, -0.2) is 36.0 Å². The van der Waals surface area contributed by atoms with Crippen molar-refractivity contribution >= 4 is 17.1 Å². The molecule has 29 heavy (non-hydrogen) atoms. The Hall–Kier alpha value is -3.68. The van der Waals surface area contributed by atoms with E-state index >= 15 is 0 Å². The number of carbonyl (C=O) groups is 1. The lowest BCUT2D eigenvalue weighted by Crippen LogP contribution is -2.40. The number of aryl methyl sites for hydroxylation is 2. The summed E-state index contributed by atoms with van der Waals surface area (Å²) in [6, 6.07) is 9.43. The van der Waals surface area contributed by atoms with Gasteiger partial charge in [-0.1, -0.05) is 12.1 Å². The normalized spacial score (nSPS) is 16.0. The van der Waals surface area contributed by atoms with Crippen LogP contribution in [0, 0.1) is 0 Å². The molecule has 0 bridgehead atoms. The SMILES string of the molecule is Cn1c(=O)[nH]c2ncc(-c3cccc(C(=O)NC4CCn5ccnc5C4)c3)cc21. The van der Waals surface area contributed by atoms with Gasteiger partial charge < -0.3 is 9.88 Å². The van der Waals surface area contributed by atoms with Crippen molar-refractivity contribution in [1.82, 2.24) is 29.4 Å². The average Bonchev–Trinajstić information content (AvgIpc) is 3.32. The Labute approximate surface area is 166 Å². The van der Waals surface area contributed by atoms with Crippen LogP contribution in [0.15, 0.2) is 53.7 Å². The van der Waals surface area contributed by atoms with Crippen LogP contribution in [0.1, 0.15) is 22.6 Å². The molecule has 8 heteroatoms. The maximum atomic E-state index is 12.8. The van der Waals surface area contributed by atoms with Crippen LogP contribution in [-0.2, 0) is 20.0 Å². The number of pyridine rings is 1. The fourth-order valence-electron chi connectivity index (χ4n) is 3.84. The molecule has 2 N–H and O–H groups in total. The fraction of sp³-hybridized carbons (Fsp3) is 0.238. The second-order valence-corrected chi connectivity index (χ2v) is 7.36. The first kappa shape index (κ1) is 17.4. The summed E-state index contributed by atoms with van der Waals surface area (Å²) in [4.78, 5) is 36.0. The van der Waals surface area contributed by atoms with Gasteiger partial charge in [-0.2, -0.15) is 0 Å². The van der Waals surface area contributed by atoms with E-state index in [4.69, 9.17) is 0 Å². The molecule has 0 spiro atoms. The number of H-pyrrole nitrogens is 1. The lowest BCUT2D eigenvalue weighted by Gasteiger charge is -2.24. The zero-order valence-electron chi connectivity index (χ0n) is 15.9. The van der Waals surface area contributed by atoms with Crippen molar-refractivity contribution in [3.63, 3.8) is 0 Å². The lowest BCUT2D eigenvalue weighted by atomic mass is 10.0. The van der Waals surface area contributed by atoms with Crippen molar-refractivity contribution < 1.29 is 4.79 Å². The zero-order chi connectivity index (χ0) is 20.0. The highest BCUT2D eigenvalue weighted by atomic mass is 16.2. The molecule has 0 saturated heterocycles. The van der Waals surface area contributed by atoms with Gasteiger partial charge in [-0.15, -0.1) is 0 Å². The quantitative estimate of drug-likeness (QED) is 0.560. The minimum absolute atomic E-state index is 0.0773. The molecular formula is C21H20N6O2. The van der Waals surface area contributed by atoms with E-state index in [-0.39, 0.29) is 17.6 Å². The largest absolute Gasteiger partial charge is 0.349 e. The second-order valence-electron chi connectivity index (χ2n) is 7.36. The van der Waals surface area contributed by atoms with E-state index in [9.17, 15) is 9.59 Å². The van der Waals surface area contributed by atoms with Crippen LogP contribution in [0.25, 0.3) is 22.3 Å². The number of carbonyl (C=O) groups excluding carboxylic acids is 1. The number of aromatic nitrogens is 5. The van der Waals surface area contributed by atoms with Crippen LogP contribution in [0.3, 0.4) is 0 Å². The van der Waals surface area contributed by atoms with Gasteiger partial charge in [0.2, 0.25) is 0 Å². The highest BCUT2D eigenvalue weighted by Gasteiger charge is 2.21. The Morgan fingerprint density at radius 1 is 1.24 bits per heavy atom. The van der Waals surface area contributed by atoms with Gasteiger partial charge in [-0.25, -0.2) is 14.8 Å². The number of nitrogens with one attached hydrogen (secondary N) is 2. The lowest BCUT2D eigenvalue weighted by molar-refractivity contribution is 0.0930. The summed E-state index contributed by atoms with van der Waals surface area (Å²) in [6.07, 6.45) is 7.10.